The third-order valence-corrected chi connectivity index (χ3v) is 4.77. The maximum absolute atomic E-state index is 13.6. The summed E-state index contributed by atoms with van der Waals surface area (Å²) >= 11 is 0. The van der Waals surface area contributed by atoms with Gasteiger partial charge in [0.05, 0.1) is 24.3 Å². The van der Waals surface area contributed by atoms with Crippen LogP contribution in [0.15, 0.2) is 28.8 Å². The van der Waals surface area contributed by atoms with Gasteiger partial charge < -0.3 is 14.5 Å². The quantitative estimate of drug-likeness (QED) is 0.904. The Labute approximate surface area is 146 Å². The molecule has 2 atom stereocenters. The second-order valence-electron chi connectivity index (χ2n) is 6.42. The molecule has 0 saturated carbocycles. The Kier molecular flexibility index (Phi) is 5.18. The number of rotatable bonds is 5. The number of likely N-dealkylation sites (tertiary alicyclic amines) is 1. The van der Waals surface area contributed by atoms with Crippen molar-refractivity contribution in [2.75, 3.05) is 6.54 Å². The molecule has 1 N–H and O–H groups in total. The molecular formula is C19H23FN2O3. The summed E-state index contributed by atoms with van der Waals surface area (Å²) in [4.78, 5) is 14.6. The molecule has 0 aliphatic carbocycles. The maximum atomic E-state index is 13.6. The van der Waals surface area contributed by atoms with Gasteiger partial charge in [0.25, 0.3) is 0 Å². The van der Waals surface area contributed by atoms with Crippen LogP contribution in [0.2, 0.25) is 0 Å². The van der Waals surface area contributed by atoms with Crippen LogP contribution in [0.3, 0.4) is 0 Å². The SMILES string of the molecule is CCc1noc(CC)c1CC(=O)N1C[C@H](O)C[C@@H]1c1cccc(F)c1. The zero-order valence-electron chi connectivity index (χ0n) is 14.5. The fourth-order valence-electron chi connectivity index (χ4n) is 3.51. The van der Waals surface area contributed by atoms with Gasteiger partial charge in [-0.3, -0.25) is 4.79 Å². The molecule has 1 fully saturated rings. The van der Waals surface area contributed by atoms with Crippen LogP contribution in [0, 0.1) is 5.82 Å². The van der Waals surface area contributed by atoms with E-state index in [0.29, 0.717) is 24.8 Å². The average Bonchev–Trinajstić information content (AvgIpc) is 3.17. The van der Waals surface area contributed by atoms with Crippen molar-refractivity contribution < 1.29 is 18.8 Å². The Bertz CT molecular complexity index is 737. The number of hydrogen-bond acceptors (Lipinski definition) is 4. The highest BCUT2D eigenvalue weighted by atomic mass is 19.1. The van der Waals surface area contributed by atoms with Crippen molar-refractivity contribution in [1.82, 2.24) is 10.1 Å². The zero-order chi connectivity index (χ0) is 18.0. The molecule has 1 aromatic heterocycles. The number of carbonyl (C=O) groups excluding carboxylic acids is 1. The molecule has 0 radical (unpaired) electrons. The number of nitrogens with zero attached hydrogens (tertiary/aromatic N) is 2. The molecule has 3 rings (SSSR count). The summed E-state index contributed by atoms with van der Waals surface area (Å²) in [7, 11) is 0. The van der Waals surface area contributed by atoms with Gasteiger partial charge in [-0.1, -0.05) is 31.1 Å². The second-order valence-corrected chi connectivity index (χ2v) is 6.42. The lowest BCUT2D eigenvalue weighted by Gasteiger charge is -2.25. The van der Waals surface area contributed by atoms with Gasteiger partial charge >= 0.3 is 0 Å². The van der Waals surface area contributed by atoms with Crippen LogP contribution < -0.4 is 0 Å². The Morgan fingerprint density at radius 1 is 1.40 bits per heavy atom. The summed E-state index contributed by atoms with van der Waals surface area (Å²) in [6, 6.07) is 5.91. The van der Waals surface area contributed by atoms with Crippen molar-refractivity contribution in [3.8, 4) is 0 Å². The summed E-state index contributed by atoms with van der Waals surface area (Å²) in [6.07, 6.45) is 1.37. The highest BCUT2D eigenvalue weighted by Gasteiger charge is 2.36. The number of carbonyl (C=O) groups is 1. The Balaban J connectivity index is 1.84. The van der Waals surface area contributed by atoms with Gasteiger partial charge in [-0.2, -0.15) is 0 Å². The molecule has 2 heterocycles. The van der Waals surface area contributed by atoms with Crippen LogP contribution in [0.5, 0.6) is 0 Å². The van der Waals surface area contributed by atoms with E-state index >= 15 is 0 Å². The number of aliphatic hydroxyl groups excluding tert-OH is 1. The first kappa shape index (κ1) is 17.6. The predicted molar refractivity (Wildman–Crippen MR) is 90.4 cm³/mol. The van der Waals surface area contributed by atoms with Gasteiger partial charge in [0.2, 0.25) is 5.91 Å². The van der Waals surface area contributed by atoms with E-state index in [1.54, 1.807) is 17.0 Å². The molecule has 1 amide bonds. The second kappa shape index (κ2) is 7.35. The van der Waals surface area contributed by atoms with Gasteiger partial charge in [-0.25, -0.2) is 4.39 Å². The van der Waals surface area contributed by atoms with Crippen LogP contribution in [0.1, 0.15) is 48.9 Å². The van der Waals surface area contributed by atoms with Gasteiger partial charge in [0, 0.05) is 18.5 Å². The number of β-amino-alcohol motifs (C(OH)–C–C–N with tert-alkyl or cyclic N) is 1. The zero-order valence-corrected chi connectivity index (χ0v) is 14.5. The fraction of sp³-hybridized carbons (Fsp3) is 0.474. The van der Waals surface area contributed by atoms with Crippen molar-refractivity contribution in [3.63, 3.8) is 0 Å². The molecule has 6 heteroatoms. The molecule has 0 spiro atoms. The minimum Gasteiger partial charge on any atom is -0.391 e. The Morgan fingerprint density at radius 3 is 2.88 bits per heavy atom. The normalized spacial score (nSPS) is 20.2. The van der Waals surface area contributed by atoms with Crippen LogP contribution >= 0.6 is 0 Å². The number of hydrogen-bond donors (Lipinski definition) is 1. The molecule has 1 aliphatic rings. The minimum atomic E-state index is -0.601. The average molecular weight is 346 g/mol. The largest absolute Gasteiger partial charge is 0.391 e. The van der Waals surface area contributed by atoms with Crippen LogP contribution in [0.25, 0.3) is 0 Å². The van der Waals surface area contributed by atoms with Gasteiger partial charge in [0.15, 0.2) is 0 Å². The van der Waals surface area contributed by atoms with Crippen molar-refractivity contribution >= 4 is 5.91 Å². The van der Waals surface area contributed by atoms with Crippen molar-refractivity contribution in [2.24, 2.45) is 0 Å². The first-order chi connectivity index (χ1) is 12.0. The monoisotopic (exact) mass is 346 g/mol. The molecule has 134 valence electrons. The first-order valence-electron chi connectivity index (χ1n) is 8.72. The third-order valence-electron chi connectivity index (χ3n) is 4.77. The first-order valence-corrected chi connectivity index (χ1v) is 8.72. The number of aromatic nitrogens is 1. The van der Waals surface area contributed by atoms with E-state index in [9.17, 15) is 14.3 Å². The summed E-state index contributed by atoms with van der Waals surface area (Å²) in [6.45, 7) is 4.19. The molecule has 0 unspecified atom stereocenters. The lowest BCUT2D eigenvalue weighted by atomic mass is 10.0. The summed E-state index contributed by atoms with van der Waals surface area (Å²) < 4.78 is 18.9. The highest BCUT2D eigenvalue weighted by Crippen LogP contribution is 2.33. The standard InChI is InChI=1S/C19H23FN2O3/c1-3-16-15(18(4-2)25-21-16)10-19(24)22-11-14(23)9-17(22)12-6-5-7-13(20)8-12/h5-8,14,17,23H,3-4,9-11H2,1-2H3/t14-,17-/m1/s1. The predicted octanol–water partition coefficient (Wildman–Crippen LogP) is 2.82. The van der Waals surface area contributed by atoms with Crippen LogP contribution in [0.4, 0.5) is 4.39 Å². The summed E-state index contributed by atoms with van der Waals surface area (Å²) in [5.74, 6) is 0.289. The van der Waals surface area contributed by atoms with Gasteiger partial charge in [0.1, 0.15) is 11.6 Å². The van der Waals surface area contributed by atoms with Crippen molar-refractivity contribution in [3.05, 3.63) is 52.7 Å². The van der Waals surface area contributed by atoms with Gasteiger partial charge in [-0.05, 0) is 30.5 Å². The Hall–Kier alpha value is -2.21. The topological polar surface area (TPSA) is 66.6 Å². The number of benzene rings is 1. The minimum absolute atomic E-state index is 0.0987. The summed E-state index contributed by atoms with van der Waals surface area (Å²) in [5.41, 5.74) is 2.35. The Morgan fingerprint density at radius 2 is 2.20 bits per heavy atom. The number of amides is 1. The van der Waals surface area contributed by atoms with E-state index in [-0.39, 0.29) is 30.7 Å². The van der Waals surface area contributed by atoms with E-state index in [4.69, 9.17) is 4.52 Å². The van der Waals surface area contributed by atoms with Crippen molar-refractivity contribution in [2.45, 2.75) is 51.7 Å². The lowest BCUT2D eigenvalue weighted by molar-refractivity contribution is -0.131. The van der Waals surface area contributed by atoms with Crippen LogP contribution in [-0.4, -0.2) is 33.7 Å². The van der Waals surface area contributed by atoms with E-state index in [1.165, 1.54) is 12.1 Å². The maximum Gasteiger partial charge on any atom is 0.227 e. The lowest BCUT2D eigenvalue weighted by Crippen LogP contribution is -2.33. The van der Waals surface area contributed by atoms with E-state index in [2.05, 4.69) is 5.16 Å². The molecule has 2 aromatic rings. The smallest absolute Gasteiger partial charge is 0.227 e. The number of halogens is 1. The van der Waals surface area contributed by atoms with Crippen molar-refractivity contribution in [1.29, 1.82) is 0 Å². The fourth-order valence-corrected chi connectivity index (χ4v) is 3.51. The van der Waals surface area contributed by atoms with E-state index in [1.807, 2.05) is 13.8 Å². The van der Waals surface area contributed by atoms with E-state index in [0.717, 1.165) is 17.0 Å². The third kappa shape index (κ3) is 3.58. The molecule has 25 heavy (non-hydrogen) atoms. The molecule has 1 aromatic carbocycles. The van der Waals surface area contributed by atoms with Crippen LogP contribution in [-0.2, 0) is 24.1 Å². The summed E-state index contributed by atoms with van der Waals surface area (Å²) in [5, 5.41) is 14.1. The molecule has 5 nitrogen and oxygen atoms in total. The molecule has 1 saturated heterocycles. The van der Waals surface area contributed by atoms with E-state index < -0.39 is 6.10 Å². The highest BCUT2D eigenvalue weighted by molar-refractivity contribution is 5.80. The van der Waals surface area contributed by atoms with Gasteiger partial charge in [-0.15, -0.1) is 0 Å². The molecule has 1 aliphatic heterocycles. The number of aryl methyl sites for hydroxylation is 2. The molecule has 0 bridgehead atoms. The number of aliphatic hydroxyl groups is 1. The molecular weight excluding hydrogens is 323 g/mol.